The third-order valence-corrected chi connectivity index (χ3v) is 3.50. The minimum Gasteiger partial charge on any atom is -0.490 e. The van der Waals surface area contributed by atoms with Gasteiger partial charge in [-0.25, -0.2) is 0 Å². The quantitative estimate of drug-likeness (QED) is 0.553. The molecule has 5 heteroatoms. The van der Waals surface area contributed by atoms with Gasteiger partial charge in [0.25, 0.3) is 0 Å². The molecule has 2 aliphatic heterocycles. The first-order valence-electron chi connectivity index (χ1n) is 6.91. The number of benzene rings is 2. The fraction of sp³-hybridized carbons (Fsp3) is 0.375. The second kappa shape index (κ2) is 6.37. The predicted octanol–water partition coefficient (Wildman–Crippen LogP) is 3.01. The van der Waals surface area contributed by atoms with Crippen LogP contribution in [-0.4, -0.2) is 38.6 Å². The van der Waals surface area contributed by atoms with Gasteiger partial charge in [0, 0.05) is 10.8 Å². The number of halogens is 1. The molecule has 0 bridgehead atoms. The second-order valence-corrected chi connectivity index (χ2v) is 5.14. The van der Waals surface area contributed by atoms with Crippen LogP contribution in [0.3, 0.4) is 0 Å². The lowest BCUT2D eigenvalue weighted by atomic mass is 10.1. The molecule has 2 unspecified atom stereocenters. The third kappa shape index (κ3) is 3.59. The highest BCUT2D eigenvalue weighted by atomic mass is 127. The van der Waals surface area contributed by atoms with Crippen molar-refractivity contribution in [3.05, 3.63) is 36.4 Å². The summed E-state index contributed by atoms with van der Waals surface area (Å²) in [5.74, 6) is 1.76. The Morgan fingerprint density at radius 2 is 1.24 bits per heavy atom. The normalized spacial score (nSPS) is 22.5. The van der Waals surface area contributed by atoms with Gasteiger partial charge in [-0.2, -0.15) is 0 Å². The molecule has 21 heavy (non-hydrogen) atoms. The van der Waals surface area contributed by atoms with Crippen molar-refractivity contribution in [2.24, 2.45) is 0 Å². The summed E-state index contributed by atoms with van der Waals surface area (Å²) in [7, 11) is 0. The van der Waals surface area contributed by atoms with E-state index in [1.807, 2.05) is 24.3 Å². The van der Waals surface area contributed by atoms with E-state index in [1.54, 1.807) is 0 Å². The molecule has 4 rings (SSSR count). The number of hydrogen-bond acceptors (Lipinski definition) is 4. The largest absolute Gasteiger partial charge is 0.490 e. The summed E-state index contributed by atoms with van der Waals surface area (Å²) in [5.41, 5.74) is 0. The molecule has 2 heterocycles. The van der Waals surface area contributed by atoms with Gasteiger partial charge in [-0.15, -0.1) is 24.0 Å². The SMILES string of the molecule is I.c1cc(OCC2CO2)c2cccc(OCC3CO3)c2c1. The Kier molecular flexibility index (Phi) is 4.51. The lowest BCUT2D eigenvalue weighted by molar-refractivity contribution is 0.263. The van der Waals surface area contributed by atoms with Crippen LogP contribution in [0.1, 0.15) is 0 Å². The van der Waals surface area contributed by atoms with Gasteiger partial charge in [0.1, 0.15) is 36.9 Å². The van der Waals surface area contributed by atoms with Gasteiger partial charge in [-0.3, -0.25) is 0 Å². The van der Waals surface area contributed by atoms with E-state index in [0.717, 1.165) is 35.5 Å². The molecule has 112 valence electrons. The topological polar surface area (TPSA) is 43.5 Å². The van der Waals surface area contributed by atoms with E-state index < -0.39 is 0 Å². The third-order valence-electron chi connectivity index (χ3n) is 3.50. The van der Waals surface area contributed by atoms with Crippen molar-refractivity contribution in [3.8, 4) is 11.5 Å². The Hall–Kier alpha value is -1.05. The van der Waals surface area contributed by atoms with Crippen LogP contribution in [0.5, 0.6) is 11.5 Å². The molecule has 0 aliphatic carbocycles. The van der Waals surface area contributed by atoms with E-state index >= 15 is 0 Å². The molecule has 2 atom stereocenters. The van der Waals surface area contributed by atoms with Crippen molar-refractivity contribution < 1.29 is 18.9 Å². The minimum atomic E-state index is 0. The summed E-state index contributed by atoms with van der Waals surface area (Å²) >= 11 is 0. The van der Waals surface area contributed by atoms with E-state index in [4.69, 9.17) is 18.9 Å². The number of ether oxygens (including phenoxy) is 4. The molecule has 0 amide bonds. The Labute approximate surface area is 140 Å². The maximum absolute atomic E-state index is 5.83. The predicted molar refractivity (Wildman–Crippen MR) is 89.8 cm³/mol. The van der Waals surface area contributed by atoms with Crippen LogP contribution < -0.4 is 9.47 Å². The molecule has 0 N–H and O–H groups in total. The van der Waals surface area contributed by atoms with E-state index in [1.165, 1.54) is 0 Å². The van der Waals surface area contributed by atoms with E-state index in [-0.39, 0.29) is 36.2 Å². The van der Waals surface area contributed by atoms with Crippen molar-refractivity contribution in [2.75, 3.05) is 26.4 Å². The highest BCUT2D eigenvalue weighted by molar-refractivity contribution is 14.0. The Bertz CT molecular complexity index is 567. The van der Waals surface area contributed by atoms with Crippen molar-refractivity contribution in [2.45, 2.75) is 12.2 Å². The molecule has 0 aromatic heterocycles. The van der Waals surface area contributed by atoms with Crippen molar-refractivity contribution in [1.82, 2.24) is 0 Å². The van der Waals surface area contributed by atoms with Gasteiger partial charge in [0.05, 0.1) is 13.2 Å². The molecule has 0 radical (unpaired) electrons. The first-order valence-corrected chi connectivity index (χ1v) is 6.91. The fourth-order valence-corrected chi connectivity index (χ4v) is 2.20. The summed E-state index contributed by atoms with van der Waals surface area (Å²) < 4.78 is 22.0. The number of fused-ring (bicyclic) bond motifs is 1. The molecular weight excluding hydrogens is 383 g/mol. The van der Waals surface area contributed by atoms with Crippen molar-refractivity contribution in [1.29, 1.82) is 0 Å². The van der Waals surface area contributed by atoms with Crippen LogP contribution in [0.2, 0.25) is 0 Å². The molecule has 0 spiro atoms. The van der Waals surface area contributed by atoms with Crippen LogP contribution >= 0.6 is 24.0 Å². The monoisotopic (exact) mass is 400 g/mol. The van der Waals surface area contributed by atoms with Gasteiger partial charge in [0.2, 0.25) is 0 Å². The van der Waals surface area contributed by atoms with Gasteiger partial charge in [-0.05, 0) is 12.1 Å². The maximum Gasteiger partial charge on any atom is 0.127 e. The lowest BCUT2D eigenvalue weighted by Gasteiger charge is -2.11. The summed E-state index contributed by atoms with van der Waals surface area (Å²) in [6, 6.07) is 12.1. The molecule has 2 aliphatic rings. The summed E-state index contributed by atoms with van der Waals surface area (Å²) in [5, 5.41) is 2.14. The average Bonchev–Trinajstić information content (AvgIpc) is 3.37. The maximum atomic E-state index is 5.83. The lowest BCUT2D eigenvalue weighted by Crippen LogP contribution is -2.05. The standard InChI is InChI=1S/C16H16O4.HI/c1-3-13-14(15(5-1)19-9-11-7-17-11)4-2-6-16(13)20-10-12-8-18-12;/h1-6,11-12H,7-10H2;1H. The fourth-order valence-electron chi connectivity index (χ4n) is 2.20. The van der Waals surface area contributed by atoms with E-state index in [2.05, 4.69) is 12.1 Å². The summed E-state index contributed by atoms with van der Waals surface area (Å²) in [6.45, 7) is 2.83. The molecule has 2 aromatic rings. The zero-order chi connectivity index (χ0) is 13.4. The van der Waals surface area contributed by atoms with Crippen LogP contribution in [0.4, 0.5) is 0 Å². The van der Waals surface area contributed by atoms with E-state index in [0.29, 0.717) is 13.2 Å². The van der Waals surface area contributed by atoms with Gasteiger partial charge < -0.3 is 18.9 Å². The first kappa shape index (κ1) is 14.9. The number of hydrogen-bond donors (Lipinski definition) is 0. The number of rotatable bonds is 6. The minimum absolute atomic E-state index is 0. The van der Waals surface area contributed by atoms with Crippen LogP contribution in [0.25, 0.3) is 10.8 Å². The molecular formula is C16H17IO4. The summed E-state index contributed by atoms with van der Waals surface area (Å²) in [6.07, 6.45) is 0.522. The Morgan fingerprint density at radius 3 is 1.62 bits per heavy atom. The van der Waals surface area contributed by atoms with E-state index in [9.17, 15) is 0 Å². The van der Waals surface area contributed by atoms with Gasteiger partial charge >= 0.3 is 0 Å². The van der Waals surface area contributed by atoms with Crippen molar-refractivity contribution in [3.63, 3.8) is 0 Å². The average molecular weight is 400 g/mol. The molecule has 2 aromatic carbocycles. The van der Waals surface area contributed by atoms with Crippen LogP contribution in [-0.2, 0) is 9.47 Å². The second-order valence-electron chi connectivity index (χ2n) is 5.14. The Morgan fingerprint density at radius 1 is 0.810 bits per heavy atom. The van der Waals surface area contributed by atoms with Gasteiger partial charge in [-0.1, -0.05) is 24.3 Å². The van der Waals surface area contributed by atoms with Crippen molar-refractivity contribution >= 4 is 34.7 Å². The molecule has 4 nitrogen and oxygen atoms in total. The highest BCUT2D eigenvalue weighted by Gasteiger charge is 2.24. The zero-order valence-corrected chi connectivity index (χ0v) is 13.8. The summed E-state index contributed by atoms with van der Waals surface area (Å²) in [4.78, 5) is 0. The smallest absolute Gasteiger partial charge is 0.127 e. The molecule has 0 saturated carbocycles. The molecule has 2 saturated heterocycles. The van der Waals surface area contributed by atoms with Gasteiger partial charge in [0.15, 0.2) is 0 Å². The van der Waals surface area contributed by atoms with Crippen LogP contribution in [0.15, 0.2) is 36.4 Å². The first-order chi connectivity index (χ1) is 9.90. The van der Waals surface area contributed by atoms with Crippen LogP contribution in [0, 0.1) is 0 Å². The molecule has 2 fully saturated rings. The highest BCUT2D eigenvalue weighted by Crippen LogP contribution is 2.33. The number of epoxide rings is 2. The zero-order valence-electron chi connectivity index (χ0n) is 11.5. The Balaban J connectivity index is 0.00000132.